The number of ether oxygens (including phenoxy) is 4. The van der Waals surface area contributed by atoms with Crippen molar-refractivity contribution in [3.63, 3.8) is 0 Å². The molecule has 3 unspecified atom stereocenters. The number of carbonyl (C=O) groups excluding carboxylic acids is 4. The highest BCUT2D eigenvalue weighted by Crippen LogP contribution is 2.22. The molecule has 9 heteroatoms. The average molecular weight is 783 g/mol. The Morgan fingerprint density at radius 3 is 1.00 bits per heavy atom. The molecule has 1 N–H and O–H groups in total. The summed E-state index contributed by atoms with van der Waals surface area (Å²) in [5, 5.41) is 10.1. The first-order valence-corrected chi connectivity index (χ1v) is 23.1. The van der Waals surface area contributed by atoms with Gasteiger partial charge in [-0.1, -0.05) is 156 Å². The number of rotatable bonds is 41. The second kappa shape index (κ2) is 40.1. The molecule has 0 fully saturated rings. The molecule has 0 amide bonds. The molecule has 0 spiro atoms. The molecular weight excluding hydrogens is 696 g/mol. The Bertz CT molecular complexity index is 908. The maximum Gasteiger partial charge on any atom is 0.335 e. The molecule has 0 aromatic heterocycles. The molecule has 3 atom stereocenters. The van der Waals surface area contributed by atoms with Gasteiger partial charge in [-0.2, -0.15) is 0 Å². The Morgan fingerprint density at radius 1 is 0.364 bits per heavy atom. The maximum absolute atomic E-state index is 12.8. The van der Waals surface area contributed by atoms with Gasteiger partial charge >= 0.3 is 23.9 Å². The van der Waals surface area contributed by atoms with E-state index in [9.17, 15) is 24.3 Å². The molecule has 55 heavy (non-hydrogen) atoms. The van der Waals surface area contributed by atoms with Gasteiger partial charge in [0.15, 0.2) is 6.10 Å². The van der Waals surface area contributed by atoms with Gasteiger partial charge < -0.3 is 24.1 Å². The lowest BCUT2D eigenvalue weighted by Crippen LogP contribution is -2.27. The van der Waals surface area contributed by atoms with Crippen LogP contribution in [0.3, 0.4) is 0 Å². The summed E-state index contributed by atoms with van der Waals surface area (Å²) in [6.45, 7) is 9.84. The van der Waals surface area contributed by atoms with Crippen molar-refractivity contribution < 1.29 is 43.2 Å². The Hall–Kier alpha value is -2.16. The molecule has 0 saturated heterocycles. The van der Waals surface area contributed by atoms with Gasteiger partial charge in [0.05, 0.1) is 44.7 Å². The van der Waals surface area contributed by atoms with Gasteiger partial charge in [0.2, 0.25) is 0 Å². The number of aliphatic hydroxyl groups excluding tert-OH is 1. The fraction of sp³-hybridized carbons (Fsp3) is 0.913. The maximum atomic E-state index is 12.8. The van der Waals surface area contributed by atoms with Crippen molar-refractivity contribution in [2.75, 3.05) is 26.4 Å². The van der Waals surface area contributed by atoms with Crippen molar-refractivity contribution in [2.24, 2.45) is 11.8 Å². The fourth-order valence-corrected chi connectivity index (χ4v) is 6.84. The van der Waals surface area contributed by atoms with E-state index in [1.54, 1.807) is 0 Å². The van der Waals surface area contributed by atoms with Crippen LogP contribution in [0.25, 0.3) is 0 Å². The Balaban J connectivity index is 4.12. The smallest absolute Gasteiger partial charge is 0.335 e. The minimum Gasteiger partial charge on any atom is -0.466 e. The molecule has 0 aliphatic rings. The number of carbonyl (C=O) groups is 4. The predicted molar refractivity (Wildman–Crippen MR) is 223 cm³/mol. The summed E-state index contributed by atoms with van der Waals surface area (Å²) < 4.78 is 21.6. The van der Waals surface area contributed by atoms with E-state index < -0.39 is 24.5 Å². The molecule has 0 aliphatic heterocycles. The summed E-state index contributed by atoms with van der Waals surface area (Å²) in [6, 6.07) is 0. The summed E-state index contributed by atoms with van der Waals surface area (Å²) in [5.41, 5.74) is 0. The van der Waals surface area contributed by atoms with Crippen LogP contribution in [-0.4, -0.2) is 61.5 Å². The standard InChI is InChI=1S/C46H86O9/c1-5-9-13-17-19-25-33-40(31-23-15-11-7-3)44(49)53-36-28-21-27-35-52-43(48)39-42(47)46(51)55-38-30-22-29-37-54-45(50)41(32-24-16-12-8-4)34-26-20-18-14-10-6-2/h40-42,47H,5-39H2,1-4H3. The van der Waals surface area contributed by atoms with Crippen LogP contribution in [0.4, 0.5) is 0 Å². The second-order valence-electron chi connectivity index (χ2n) is 15.8. The quantitative estimate of drug-likeness (QED) is 0.0366. The zero-order valence-corrected chi connectivity index (χ0v) is 36.2. The van der Waals surface area contributed by atoms with Crippen LogP contribution in [0.2, 0.25) is 0 Å². The number of esters is 4. The largest absolute Gasteiger partial charge is 0.466 e. The average Bonchev–Trinajstić information content (AvgIpc) is 3.17. The lowest BCUT2D eigenvalue weighted by molar-refractivity contribution is -0.160. The van der Waals surface area contributed by atoms with E-state index in [-0.39, 0.29) is 37.0 Å². The van der Waals surface area contributed by atoms with Crippen LogP contribution in [-0.2, 0) is 38.1 Å². The zero-order valence-electron chi connectivity index (χ0n) is 36.2. The van der Waals surface area contributed by atoms with Gasteiger partial charge in [0.25, 0.3) is 0 Å². The number of aliphatic hydroxyl groups is 1. The Morgan fingerprint density at radius 2 is 0.636 bits per heavy atom. The molecule has 0 aromatic carbocycles. The van der Waals surface area contributed by atoms with E-state index in [0.717, 1.165) is 77.0 Å². The van der Waals surface area contributed by atoms with Crippen LogP contribution in [0.5, 0.6) is 0 Å². The molecule has 0 saturated carbocycles. The third-order valence-electron chi connectivity index (χ3n) is 10.5. The van der Waals surface area contributed by atoms with Gasteiger partial charge in [-0.15, -0.1) is 0 Å². The van der Waals surface area contributed by atoms with Crippen LogP contribution >= 0.6 is 0 Å². The van der Waals surface area contributed by atoms with Crippen LogP contribution in [0, 0.1) is 11.8 Å². The highest BCUT2D eigenvalue weighted by molar-refractivity contribution is 5.81. The Labute approximate surface area is 337 Å². The molecular formula is C46H86O9. The highest BCUT2D eigenvalue weighted by Gasteiger charge is 2.22. The number of hydrogen-bond donors (Lipinski definition) is 1. The van der Waals surface area contributed by atoms with Gasteiger partial charge in [0, 0.05) is 0 Å². The first-order chi connectivity index (χ1) is 26.8. The Kier molecular flexibility index (Phi) is 38.5. The first kappa shape index (κ1) is 52.8. The zero-order chi connectivity index (χ0) is 40.6. The fourth-order valence-electron chi connectivity index (χ4n) is 6.84. The molecule has 0 bridgehead atoms. The van der Waals surface area contributed by atoms with E-state index >= 15 is 0 Å². The van der Waals surface area contributed by atoms with Crippen molar-refractivity contribution >= 4 is 23.9 Å². The topological polar surface area (TPSA) is 125 Å². The van der Waals surface area contributed by atoms with Gasteiger partial charge in [-0.3, -0.25) is 14.4 Å². The van der Waals surface area contributed by atoms with Gasteiger partial charge in [-0.25, -0.2) is 4.79 Å². The lowest BCUT2D eigenvalue weighted by atomic mass is 9.94. The lowest BCUT2D eigenvalue weighted by Gasteiger charge is -2.16. The van der Waals surface area contributed by atoms with Crippen molar-refractivity contribution in [1.82, 2.24) is 0 Å². The van der Waals surface area contributed by atoms with Crippen molar-refractivity contribution in [2.45, 2.75) is 233 Å². The minimum absolute atomic E-state index is 0.0131. The third kappa shape index (κ3) is 33.7. The molecule has 0 aliphatic carbocycles. The SMILES string of the molecule is CCCCCCCCC(CCCCCC)C(=O)OCCCCCOC(=O)CC(O)C(=O)OCCCCCOC(=O)C(CCCCCC)CCCCCCCC. The molecule has 0 aromatic rings. The van der Waals surface area contributed by atoms with E-state index in [0.29, 0.717) is 38.9 Å². The molecule has 0 radical (unpaired) electrons. The van der Waals surface area contributed by atoms with Crippen LogP contribution < -0.4 is 0 Å². The minimum atomic E-state index is -1.57. The molecule has 9 nitrogen and oxygen atoms in total. The van der Waals surface area contributed by atoms with Gasteiger partial charge in [-0.05, 0) is 64.2 Å². The highest BCUT2D eigenvalue weighted by atomic mass is 16.6. The summed E-state index contributed by atoms with van der Waals surface area (Å²) in [5.74, 6) is -1.68. The first-order valence-electron chi connectivity index (χ1n) is 23.1. The number of hydrogen-bond acceptors (Lipinski definition) is 9. The number of unbranched alkanes of at least 4 members (excludes halogenated alkanes) is 20. The van der Waals surface area contributed by atoms with Crippen LogP contribution in [0.1, 0.15) is 227 Å². The monoisotopic (exact) mass is 783 g/mol. The summed E-state index contributed by atoms with van der Waals surface area (Å²) >= 11 is 0. The third-order valence-corrected chi connectivity index (χ3v) is 10.5. The van der Waals surface area contributed by atoms with Crippen molar-refractivity contribution in [1.29, 1.82) is 0 Å². The van der Waals surface area contributed by atoms with E-state index in [4.69, 9.17) is 18.9 Å². The molecule has 0 heterocycles. The molecule has 324 valence electrons. The normalized spacial score (nSPS) is 12.9. The predicted octanol–water partition coefficient (Wildman–Crippen LogP) is 11.9. The van der Waals surface area contributed by atoms with E-state index in [1.165, 1.54) is 89.9 Å². The summed E-state index contributed by atoms with van der Waals surface area (Å²) in [4.78, 5) is 49.9. The summed E-state index contributed by atoms with van der Waals surface area (Å²) in [6.07, 6.45) is 29.4. The van der Waals surface area contributed by atoms with Crippen LogP contribution in [0.15, 0.2) is 0 Å². The van der Waals surface area contributed by atoms with Gasteiger partial charge in [0.1, 0.15) is 0 Å². The molecule has 0 rings (SSSR count). The second-order valence-corrected chi connectivity index (χ2v) is 15.8. The summed E-state index contributed by atoms with van der Waals surface area (Å²) in [7, 11) is 0. The van der Waals surface area contributed by atoms with Crippen molar-refractivity contribution in [3.8, 4) is 0 Å². The van der Waals surface area contributed by atoms with Crippen molar-refractivity contribution in [3.05, 3.63) is 0 Å². The van der Waals surface area contributed by atoms with E-state index in [2.05, 4.69) is 27.7 Å². The van der Waals surface area contributed by atoms with E-state index in [1.807, 2.05) is 0 Å².